The highest BCUT2D eigenvalue weighted by Crippen LogP contribution is 2.34. The predicted octanol–water partition coefficient (Wildman–Crippen LogP) is 2.89. The molecule has 0 saturated heterocycles. The lowest BCUT2D eigenvalue weighted by molar-refractivity contribution is 0.373. The molecular formula is C17H14O6. The van der Waals surface area contributed by atoms with Gasteiger partial charge in [0.25, 0.3) is 0 Å². The number of phenols is 2. The first-order valence-electron chi connectivity index (χ1n) is 6.75. The summed E-state index contributed by atoms with van der Waals surface area (Å²) in [5.74, 6) is 0.627. The van der Waals surface area contributed by atoms with Crippen molar-refractivity contribution in [1.82, 2.24) is 0 Å². The Morgan fingerprint density at radius 3 is 2.30 bits per heavy atom. The molecule has 3 aromatic rings. The zero-order valence-electron chi connectivity index (χ0n) is 12.5. The molecule has 0 bridgehead atoms. The first-order chi connectivity index (χ1) is 11.0. The molecule has 1 aromatic heterocycles. The molecule has 6 nitrogen and oxygen atoms in total. The second kappa shape index (κ2) is 5.57. The Labute approximate surface area is 131 Å². The minimum Gasteiger partial charge on any atom is -0.504 e. The van der Waals surface area contributed by atoms with Gasteiger partial charge in [0, 0.05) is 17.7 Å². The molecule has 0 aliphatic carbocycles. The highest BCUT2D eigenvalue weighted by atomic mass is 16.5. The number of ether oxygens (including phenoxy) is 2. The number of aromatic hydroxyl groups is 2. The topological polar surface area (TPSA) is 89.1 Å². The quantitative estimate of drug-likeness (QED) is 0.772. The molecule has 0 aliphatic rings. The van der Waals surface area contributed by atoms with Gasteiger partial charge in [-0.15, -0.1) is 0 Å². The van der Waals surface area contributed by atoms with E-state index in [1.165, 1.54) is 38.5 Å². The first kappa shape index (κ1) is 14.8. The Morgan fingerprint density at radius 1 is 0.913 bits per heavy atom. The fourth-order valence-electron chi connectivity index (χ4n) is 2.31. The van der Waals surface area contributed by atoms with E-state index in [9.17, 15) is 15.0 Å². The molecule has 23 heavy (non-hydrogen) atoms. The Balaban J connectivity index is 2.22. The van der Waals surface area contributed by atoms with E-state index in [4.69, 9.17) is 13.9 Å². The molecule has 2 aromatic carbocycles. The zero-order valence-corrected chi connectivity index (χ0v) is 12.5. The summed E-state index contributed by atoms with van der Waals surface area (Å²) in [6.45, 7) is 0. The van der Waals surface area contributed by atoms with Gasteiger partial charge < -0.3 is 24.1 Å². The van der Waals surface area contributed by atoms with Crippen LogP contribution in [-0.4, -0.2) is 24.4 Å². The van der Waals surface area contributed by atoms with Crippen molar-refractivity contribution in [2.75, 3.05) is 14.2 Å². The van der Waals surface area contributed by atoms with Crippen molar-refractivity contribution in [2.45, 2.75) is 0 Å². The van der Waals surface area contributed by atoms with Crippen LogP contribution < -0.4 is 14.9 Å². The lowest BCUT2D eigenvalue weighted by atomic mass is 10.1. The largest absolute Gasteiger partial charge is 0.504 e. The van der Waals surface area contributed by atoms with Gasteiger partial charge >= 0.3 is 0 Å². The molecule has 0 fully saturated rings. The van der Waals surface area contributed by atoms with Crippen LogP contribution in [0.3, 0.4) is 0 Å². The summed E-state index contributed by atoms with van der Waals surface area (Å²) in [5.41, 5.74) is 0.526. The average molecular weight is 314 g/mol. The fourth-order valence-corrected chi connectivity index (χ4v) is 2.31. The van der Waals surface area contributed by atoms with E-state index in [2.05, 4.69) is 0 Å². The van der Waals surface area contributed by atoms with Crippen LogP contribution in [0.25, 0.3) is 22.3 Å². The molecule has 2 N–H and O–H groups in total. The van der Waals surface area contributed by atoms with Gasteiger partial charge in [0.15, 0.2) is 28.4 Å². The van der Waals surface area contributed by atoms with Crippen LogP contribution in [-0.2, 0) is 0 Å². The molecule has 3 rings (SSSR count). The average Bonchev–Trinajstić information content (AvgIpc) is 2.54. The van der Waals surface area contributed by atoms with E-state index in [0.29, 0.717) is 16.7 Å². The van der Waals surface area contributed by atoms with Gasteiger partial charge in [0.2, 0.25) is 0 Å². The second-order valence-electron chi connectivity index (χ2n) is 4.88. The number of phenolic OH excluding ortho intramolecular Hbond substituents is 2. The Bertz CT molecular complexity index is 942. The van der Waals surface area contributed by atoms with Crippen molar-refractivity contribution in [1.29, 1.82) is 0 Å². The summed E-state index contributed by atoms with van der Waals surface area (Å²) in [6, 6.07) is 8.71. The molecule has 1 heterocycles. The van der Waals surface area contributed by atoms with Crippen LogP contribution in [0.15, 0.2) is 45.6 Å². The summed E-state index contributed by atoms with van der Waals surface area (Å²) >= 11 is 0. The minimum atomic E-state index is -0.272. The molecule has 6 heteroatoms. The van der Waals surface area contributed by atoms with E-state index >= 15 is 0 Å². The maximum atomic E-state index is 12.3. The summed E-state index contributed by atoms with van der Waals surface area (Å²) in [7, 11) is 2.83. The summed E-state index contributed by atoms with van der Waals surface area (Å²) in [5, 5.41) is 19.8. The van der Waals surface area contributed by atoms with Gasteiger partial charge in [-0.25, -0.2) is 0 Å². The third-order valence-electron chi connectivity index (χ3n) is 3.49. The summed E-state index contributed by atoms with van der Waals surface area (Å²) in [4.78, 5) is 12.3. The Kier molecular flexibility index (Phi) is 3.57. The monoisotopic (exact) mass is 314 g/mol. The number of hydrogen-bond acceptors (Lipinski definition) is 6. The van der Waals surface area contributed by atoms with E-state index in [0.717, 1.165) is 0 Å². The van der Waals surface area contributed by atoms with Crippen molar-refractivity contribution in [3.63, 3.8) is 0 Å². The highest BCUT2D eigenvalue weighted by molar-refractivity contribution is 5.82. The van der Waals surface area contributed by atoms with Gasteiger partial charge in [-0.3, -0.25) is 4.79 Å². The van der Waals surface area contributed by atoms with Crippen LogP contribution in [0.1, 0.15) is 0 Å². The SMILES string of the molecule is COc1cc(-c2cc(=O)c3cc(OC)c(O)cc3o2)ccc1O. The van der Waals surface area contributed by atoms with Crippen LogP contribution in [0.5, 0.6) is 23.0 Å². The van der Waals surface area contributed by atoms with Crippen LogP contribution in [0, 0.1) is 0 Å². The standard InChI is InChI=1S/C17H14O6/c1-21-16-5-9(3-4-11(16)18)14-7-12(19)10-6-17(22-2)13(20)8-15(10)23-14/h3-8,18,20H,1-2H3. The number of benzene rings is 2. The third kappa shape index (κ3) is 2.55. The Morgan fingerprint density at radius 2 is 1.61 bits per heavy atom. The molecule has 0 saturated carbocycles. The van der Waals surface area contributed by atoms with Gasteiger partial charge in [0.05, 0.1) is 19.6 Å². The van der Waals surface area contributed by atoms with Crippen molar-refractivity contribution < 1.29 is 24.1 Å². The third-order valence-corrected chi connectivity index (χ3v) is 3.49. The van der Waals surface area contributed by atoms with Crippen molar-refractivity contribution in [2.24, 2.45) is 0 Å². The van der Waals surface area contributed by atoms with E-state index < -0.39 is 0 Å². The normalized spacial score (nSPS) is 10.7. The predicted molar refractivity (Wildman–Crippen MR) is 84.4 cm³/mol. The molecule has 0 spiro atoms. The lowest BCUT2D eigenvalue weighted by Crippen LogP contribution is -2.01. The zero-order chi connectivity index (χ0) is 16.6. The van der Waals surface area contributed by atoms with Crippen LogP contribution in [0.2, 0.25) is 0 Å². The Hall–Kier alpha value is -3.15. The van der Waals surface area contributed by atoms with Crippen molar-refractivity contribution >= 4 is 11.0 Å². The molecular weight excluding hydrogens is 300 g/mol. The molecule has 0 amide bonds. The van der Waals surface area contributed by atoms with Crippen molar-refractivity contribution in [3.05, 3.63) is 46.6 Å². The molecule has 0 atom stereocenters. The van der Waals surface area contributed by atoms with Crippen LogP contribution >= 0.6 is 0 Å². The van der Waals surface area contributed by atoms with Gasteiger partial charge in [-0.1, -0.05) is 0 Å². The first-order valence-corrected chi connectivity index (χ1v) is 6.75. The molecule has 0 radical (unpaired) electrons. The number of methoxy groups -OCH3 is 2. The van der Waals surface area contributed by atoms with E-state index in [1.807, 2.05) is 0 Å². The van der Waals surface area contributed by atoms with E-state index in [1.54, 1.807) is 12.1 Å². The molecule has 118 valence electrons. The molecule has 0 unspecified atom stereocenters. The van der Waals surface area contributed by atoms with Crippen molar-refractivity contribution in [3.8, 4) is 34.3 Å². The van der Waals surface area contributed by atoms with Gasteiger partial charge in [-0.05, 0) is 24.3 Å². The number of fused-ring (bicyclic) bond motifs is 1. The maximum absolute atomic E-state index is 12.3. The summed E-state index contributed by atoms with van der Waals surface area (Å²) < 4.78 is 15.7. The van der Waals surface area contributed by atoms with Crippen LogP contribution in [0.4, 0.5) is 0 Å². The minimum absolute atomic E-state index is 0.0123. The smallest absolute Gasteiger partial charge is 0.193 e. The van der Waals surface area contributed by atoms with Gasteiger partial charge in [-0.2, -0.15) is 0 Å². The number of hydrogen-bond donors (Lipinski definition) is 2. The van der Waals surface area contributed by atoms with E-state index in [-0.39, 0.29) is 34.0 Å². The lowest BCUT2D eigenvalue weighted by Gasteiger charge is -2.08. The number of rotatable bonds is 3. The van der Waals surface area contributed by atoms with Gasteiger partial charge in [0.1, 0.15) is 11.3 Å². The maximum Gasteiger partial charge on any atom is 0.193 e. The molecule has 0 aliphatic heterocycles. The fraction of sp³-hybridized carbons (Fsp3) is 0.118. The summed E-state index contributed by atoms with van der Waals surface area (Å²) in [6.07, 6.45) is 0. The second-order valence-corrected chi connectivity index (χ2v) is 4.88. The highest BCUT2D eigenvalue weighted by Gasteiger charge is 2.13.